The molecule has 16 heavy (non-hydrogen) atoms. The first kappa shape index (κ1) is 10.3. The molecule has 2 atom stereocenters. The van der Waals surface area contributed by atoms with E-state index < -0.39 is 0 Å². The Labute approximate surface area is 98.5 Å². The number of nitrogens with zero attached hydrogens (tertiary/aromatic N) is 1. The van der Waals surface area contributed by atoms with Gasteiger partial charge in [0.1, 0.15) is 0 Å². The standard InChI is InChI=1S/C15H21N/c1-2-6-13(7-3-1)12-15-9-4-8-14-10-5-11-16(14)15/h1-3,6-7,14-15H,4-5,8-12H2/t14-,15?/m0/s1. The third-order valence-electron chi connectivity index (χ3n) is 4.28. The smallest absolute Gasteiger partial charge is 0.0139 e. The van der Waals surface area contributed by atoms with E-state index >= 15 is 0 Å². The molecule has 1 nitrogen and oxygen atoms in total. The van der Waals surface area contributed by atoms with Crippen LogP contribution in [0.5, 0.6) is 0 Å². The van der Waals surface area contributed by atoms with E-state index in [2.05, 4.69) is 35.2 Å². The van der Waals surface area contributed by atoms with Gasteiger partial charge in [-0.1, -0.05) is 36.8 Å². The van der Waals surface area contributed by atoms with Crippen molar-refractivity contribution in [1.82, 2.24) is 4.90 Å². The molecule has 2 aliphatic rings. The van der Waals surface area contributed by atoms with E-state index in [4.69, 9.17) is 0 Å². The van der Waals surface area contributed by atoms with Crippen LogP contribution in [0.25, 0.3) is 0 Å². The number of piperidine rings is 1. The van der Waals surface area contributed by atoms with Crippen LogP contribution in [0.2, 0.25) is 0 Å². The quantitative estimate of drug-likeness (QED) is 0.732. The normalized spacial score (nSPS) is 30.2. The largest absolute Gasteiger partial charge is 0.297 e. The highest BCUT2D eigenvalue weighted by molar-refractivity contribution is 5.16. The molecule has 0 saturated carbocycles. The van der Waals surface area contributed by atoms with Gasteiger partial charge in [0.15, 0.2) is 0 Å². The fourth-order valence-corrected chi connectivity index (χ4v) is 3.51. The Hall–Kier alpha value is -0.820. The third-order valence-corrected chi connectivity index (χ3v) is 4.28. The molecule has 2 fully saturated rings. The molecule has 86 valence electrons. The van der Waals surface area contributed by atoms with E-state index in [-0.39, 0.29) is 0 Å². The van der Waals surface area contributed by atoms with E-state index in [0.29, 0.717) is 0 Å². The van der Waals surface area contributed by atoms with Crippen LogP contribution >= 0.6 is 0 Å². The summed E-state index contributed by atoms with van der Waals surface area (Å²) in [5.74, 6) is 0. The SMILES string of the molecule is c1ccc(CC2CCC[C@H]3CCCN23)cc1. The van der Waals surface area contributed by atoms with Crippen LogP contribution in [0.3, 0.4) is 0 Å². The topological polar surface area (TPSA) is 3.24 Å². The van der Waals surface area contributed by atoms with Crippen molar-refractivity contribution in [2.24, 2.45) is 0 Å². The summed E-state index contributed by atoms with van der Waals surface area (Å²) in [4.78, 5) is 2.79. The maximum Gasteiger partial charge on any atom is 0.0139 e. The van der Waals surface area contributed by atoms with E-state index in [9.17, 15) is 0 Å². The van der Waals surface area contributed by atoms with E-state index in [0.717, 1.165) is 12.1 Å². The molecule has 1 aromatic carbocycles. The molecule has 2 aliphatic heterocycles. The second kappa shape index (κ2) is 4.58. The zero-order valence-electron chi connectivity index (χ0n) is 9.94. The van der Waals surface area contributed by atoms with Gasteiger partial charge in [-0.05, 0) is 44.2 Å². The number of hydrogen-bond acceptors (Lipinski definition) is 1. The molecule has 1 unspecified atom stereocenters. The summed E-state index contributed by atoms with van der Waals surface area (Å²) in [5, 5.41) is 0. The summed E-state index contributed by atoms with van der Waals surface area (Å²) < 4.78 is 0. The minimum absolute atomic E-state index is 0.823. The lowest BCUT2D eigenvalue weighted by atomic mass is 9.92. The second-order valence-electron chi connectivity index (χ2n) is 5.31. The minimum Gasteiger partial charge on any atom is -0.297 e. The van der Waals surface area contributed by atoms with E-state index in [1.165, 1.54) is 50.6 Å². The van der Waals surface area contributed by atoms with Gasteiger partial charge >= 0.3 is 0 Å². The first-order valence-corrected chi connectivity index (χ1v) is 6.73. The molecule has 2 saturated heterocycles. The number of fused-ring (bicyclic) bond motifs is 1. The van der Waals surface area contributed by atoms with Crippen molar-refractivity contribution >= 4 is 0 Å². The van der Waals surface area contributed by atoms with Crippen molar-refractivity contribution in [3.63, 3.8) is 0 Å². The van der Waals surface area contributed by atoms with Gasteiger partial charge in [-0.15, -0.1) is 0 Å². The molecule has 2 heterocycles. The highest BCUT2D eigenvalue weighted by Gasteiger charge is 2.33. The van der Waals surface area contributed by atoms with Gasteiger partial charge < -0.3 is 0 Å². The summed E-state index contributed by atoms with van der Waals surface area (Å²) in [6, 6.07) is 12.7. The Morgan fingerprint density at radius 1 is 1.00 bits per heavy atom. The lowest BCUT2D eigenvalue weighted by molar-refractivity contribution is 0.123. The molecule has 0 radical (unpaired) electrons. The maximum atomic E-state index is 2.79. The van der Waals surface area contributed by atoms with E-state index in [1.807, 2.05) is 0 Å². The Balaban J connectivity index is 1.70. The highest BCUT2D eigenvalue weighted by atomic mass is 15.2. The van der Waals surface area contributed by atoms with E-state index in [1.54, 1.807) is 0 Å². The summed E-state index contributed by atoms with van der Waals surface area (Å²) in [5.41, 5.74) is 1.51. The average molecular weight is 215 g/mol. The lowest BCUT2D eigenvalue weighted by Gasteiger charge is -2.37. The van der Waals surface area contributed by atoms with Gasteiger partial charge in [-0.2, -0.15) is 0 Å². The molecular weight excluding hydrogens is 194 g/mol. The van der Waals surface area contributed by atoms with Crippen molar-refractivity contribution in [2.75, 3.05) is 6.54 Å². The fraction of sp³-hybridized carbons (Fsp3) is 0.600. The van der Waals surface area contributed by atoms with Crippen LogP contribution in [0.4, 0.5) is 0 Å². The Kier molecular flexibility index (Phi) is 2.96. The summed E-state index contributed by atoms with van der Waals surface area (Å²) in [6.45, 7) is 1.35. The molecule has 0 aliphatic carbocycles. The van der Waals surface area contributed by atoms with Crippen LogP contribution < -0.4 is 0 Å². The van der Waals surface area contributed by atoms with Gasteiger partial charge in [-0.25, -0.2) is 0 Å². The molecule has 3 rings (SSSR count). The number of rotatable bonds is 2. The summed E-state index contributed by atoms with van der Waals surface area (Å²) in [7, 11) is 0. The molecule has 0 N–H and O–H groups in total. The van der Waals surface area contributed by atoms with Gasteiger partial charge in [0, 0.05) is 12.1 Å². The average Bonchev–Trinajstić information content (AvgIpc) is 2.80. The van der Waals surface area contributed by atoms with Crippen molar-refractivity contribution in [3.8, 4) is 0 Å². The van der Waals surface area contributed by atoms with Crippen LogP contribution in [0, 0.1) is 0 Å². The summed E-state index contributed by atoms with van der Waals surface area (Å²) >= 11 is 0. The van der Waals surface area contributed by atoms with Crippen molar-refractivity contribution < 1.29 is 0 Å². The monoisotopic (exact) mass is 215 g/mol. The van der Waals surface area contributed by atoms with Crippen LogP contribution in [0.1, 0.15) is 37.7 Å². The van der Waals surface area contributed by atoms with Crippen molar-refractivity contribution in [2.45, 2.75) is 50.6 Å². The Morgan fingerprint density at radius 2 is 1.81 bits per heavy atom. The molecular formula is C15H21N. The van der Waals surface area contributed by atoms with Gasteiger partial charge in [-0.3, -0.25) is 4.90 Å². The summed E-state index contributed by atoms with van der Waals surface area (Å²) in [6.07, 6.45) is 8.44. The predicted molar refractivity (Wildman–Crippen MR) is 67.5 cm³/mol. The van der Waals surface area contributed by atoms with Crippen molar-refractivity contribution in [1.29, 1.82) is 0 Å². The maximum absolute atomic E-state index is 2.79. The second-order valence-corrected chi connectivity index (χ2v) is 5.31. The number of hydrogen-bond donors (Lipinski definition) is 0. The van der Waals surface area contributed by atoms with Crippen LogP contribution in [0.15, 0.2) is 30.3 Å². The molecule has 0 aromatic heterocycles. The van der Waals surface area contributed by atoms with Gasteiger partial charge in [0.25, 0.3) is 0 Å². The lowest BCUT2D eigenvalue weighted by Crippen LogP contribution is -2.43. The van der Waals surface area contributed by atoms with Gasteiger partial charge in [0.05, 0.1) is 0 Å². The Bertz CT molecular complexity index is 333. The minimum atomic E-state index is 0.823. The fourth-order valence-electron chi connectivity index (χ4n) is 3.51. The zero-order chi connectivity index (χ0) is 10.8. The number of benzene rings is 1. The zero-order valence-corrected chi connectivity index (χ0v) is 9.94. The van der Waals surface area contributed by atoms with Crippen LogP contribution in [-0.2, 0) is 6.42 Å². The molecule has 1 aromatic rings. The first-order chi connectivity index (χ1) is 7.93. The first-order valence-electron chi connectivity index (χ1n) is 6.73. The molecule has 0 spiro atoms. The Morgan fingerprint density at radius 3 is 2.69 bits per heavy atom. The molecule has 0 bridgehead atoms. The van der Waals surface area contributed by atoms with Crippen LogP contribution in [-0.4, -0.2) is 23.5 Å². The third kappa shape index (κ3) is 2.01. The molecule has 0 amide bonds. The molecule has 1 heteroatoms. The van der Waals surface area contributed by atoms with Gasteiger partial charge in [0.2, 0.25) is 0 Å². The predicted octanol–water partition coefficient (Wildman–Crippen LogP) is 3.25. The highest BCUT2D eigenvalue weighted by Crippen LogP contribution is 2.32. The van der Waals surface area contributed by atoms with Crippen molar-refractivity contribution in [3.05, 3.63) is 35.9 Å².